The zero-order chi connectivity index (χ0) is 19.4. The van der Waals surface area contributed by atoms with Gasteiger partial charge in [-0.15, -0.1) is 0 Å². The van der Waals surface area contributed by atoms with Crippen molar-refractivity contribution in [3.05, 3.63) is 64.5 Å². The molecule has 0 unspecified atom stereocenters. The molecule has 144 valence electrons. The quantitative estimate of drug-likeness (QED) is 0.859. The number of rotatable bonds is 5. The van der Waals surface area contributed by atoms with E-state index in [9.17, 15) is 18.0 Å². The van der Waals surface area contributed by atoms with E-state index in [0.29, 0.717) is 6.54 Å². The Morgan fingerprint density at radius 1 is 1.07 bits per heavy atom. The van der Waals surface area contributed by atoms with E-state index in [-0.39, 0.29) is 11.3 Å². The normalized spacial score (nSPS) is 15.1. The molecule has 7 heteroatoms. The summed E-state index contributed by atoms with van der Waals surface area (Å²) in [7, 11) is 0. The maximum atomic E-state index is 12.7. The minimum absolute atomic E-state index is 0.0586. The van der Waals surface area contributed by atoms with E-state index >= 15 is 0 Å². The zero-order valence-electron chi connectivity index (χ0n) is 15.1. The largest absolute Gasteiger partial charge is 0.433 e. The maximum Gasteiger partial charge on any atom is 0.433 e. The van der Waals surface area contributed by atoms with Gasteiger partial charge in [0.25, 0.3) is 5.91 Å². The summed E-state index contributed by atoms with van der Waals surface area (Å²) in [5.41, 5.74) is 1.38. The molecule has 1 aromatic heterocycles. The molecule has 0 bridgehead atoms. The van der Waals surface area contributed by atoms with E-state index in [1.165, 1.54) is 31.4 Å². The highest BCUT2D eigenvalue weighted by Gasteiger charge is 2.33. The number of benzene rings is 1. The van der Waals surface area contributed by atoms with Gasteiger partial charge in [-0.3, -0.25) is 9.69 Å². The van der Waals surface area contributed by atoms with Crippen molar-refractivity contribution in [2.75, 3.05) is 13.1 Å². The molecule has 0 aliphatic carbocycles. The van der Waals surface area contributed by atoms with Crippen LogP contribution in [0.25, 0.3) is 0 Å². The highest BCUT2D eigenvalue weighted by molar-refractivity contribution is 5.95. The van der Waals surface area contributed by atoms with Crippen LogP contribution in [0.1, 0.15) is 45.7 Å². The number of amides is 1. The molecule has 3 rings (SSSR count). The van der Waals surface area contributed by atoms with Gasteiger partial charge >= 0.3 is 6.18 Å². The Hall–Kier alpha value is -2.41. The highest BCUT2D eigenvalue weighted by atomic mass is 19.4. The van der Waals surface area contributed by atoms with Crippen LogP contribution >= 0.6 is 0 Å². The fourth-order valence-corrected chi connectivity index (χ4v) is 3.20. The Balaban J connectivity index is 1.57. The molecule has 1 fully saturated rings. The SMILES string of the molecule is Cc1nc(C(F)(F)F)ccc1C(=O)NCc1ccc(CN2CCCC2)cc1. The second-order valence-electron chi connectivity index (χ2n) is 6.81. The first-order chi connectivity index (χ1) is 12.8. The lowest BCUT2D eigenvalue weighted by atomic mass is 10.1. The van der Waals surface area contributed by atoms with Crippen molar-refractivity contribution in [1.82, 2.24) is 15.2 Å². The fourth-order valence-electron chi connectivity index (χ4n) is 3.20. The Labute approximate surface area is 156 Å². The van der Waals surface area contributed by atoms with E-state index in [4.69, 9.17) is 0 Å². The van der Waals surface area contributed by atoms with Crippen molar-refractivity contribution >= 4 is 5.91 Å². The van der Waals surface area contributed by atoms with E-state index in [1.807, 2.05) is 24.3 Å². The summed E-state index contributed by atoms with van der Waals surface area (Å²) >= 11 is 0. The molecule has 4 nitrogen and oxygen atoms in total. The van der Waals surface area contributed by atoms with Crippen molar-refractivity contribution in [3.63, 3.8) is 0 Å². The third-order valence-corrected chi connectivity index (χ3v) is 4.70. The lowest BCUT2D eigenvalue weighted by molar-refractivity contribution is -0.141. The van der Waals surface area contributed by atoms with E-state index < -0.39 is 17.8 Å². The molecule has 0 saturated carbocycles. The number of pyridine rings is 1. The third-order valence-electron chi connectivity index (χ3n) is 4.70. The van der Waals surface area contributed by atoms with Crippen molar-refractivity contribution in [2.45, 2.75) is 39.0 Å². The van der Waals surface area contributed by atoms with Crippen LogP contribution in [0.5, 0.6) is 0 Å². The number of carbonyl (C=O) groups excluding carboxylic acids is 1. The van der Waals surface area contributed by atoms with Crippen LogP contribution < -0.4 is 5.32 Å². The number of hydrogen-bond donors (Lipinski definition) is 1. The van der Waals surface area contributed by atoms with Crippen molar-refractivity contribution in [2.24, 2.45) is 0 Å². The number of nitrogens with one attached hydrogen (secondary N) is 1. The Bertz CT molecular complexity index is 797. The topological polar surface area (TPSA) is 45.2 Å². The molecule has 2 aromatic rings. The molecule has 1 saturated heterocycles. The molecule has 2 heterocycles. The standard InChI is InChI=1S/C20H22F3N3O/c1-14-17(8-9-18(25-14)20(21,22)23)19(27)24-12-15-4-6-16(7-5-15)13-26-10-2-3-11-26/h4-9H,2-3,10-13H2,1H3,(H,24,27). The average molecular weight is 377 g/mol. The molecule has 1 aliphatic heterocycles. The summed E-state index contributed by atoms with van der Waals surface area (Å²) in [6.45, 7) is 4.92. The monoisotopic (exact) mass is 377 g/mol. The second kappa shape index (κ2) is 8.08. The molecule has 0 spiro atoms. The van der Waals surface area contributed by atoms with Crippen LogP contribution in [0.2, 0.25) is 0 Å². The van der Waals surface area contributed by atoms with Gasteiger partial charge in [0.15, 0.2) is 0 Å². The van der Waals surface area contributed by atoms with E-state index in [1.54, 1.807) is 0 Å². The number of halogens is 3. The Kier molecular flexibility index (Phi) is 5.79. The van der Waals surface area contributed by atoms with Crippen LogP contribution in [0.4, 0.5) is 13.2 Å². The van der Waals surface area contributed by atoms with Gasteiger partial charge in [0, 0.05) is 13.1 Å². The molecular formula is C20H22F3N3O. The van der Waals surface area contributed by atoms with Crippen LogP contribution in [0, 0.1) is 6.92 Å². The van der Waals surface area contributed by atoms with Gasteiger partial charge in [-0.2, -0.15) is 13.2 Å². The Morgan fingerprint density at radius 2 is 1.70 bits per heavy atom. The van der Waals surface area contributed by atoms with Gasteiger partial charge in [-0.05, 0) is 56.1 Å². The van der Waals surface area contributed by atoms with Gasteiger partial charge in [0.05, 0.1) is 11.3 Å². The summed E-state index contributed by atoms with van der Waals surface area (Å²) in [6.07, 6.45) is -2.01. The second-order valence-corrected chi connectivity index (χ2v) is 6.81. The lowest BCUT2D eigenvalue weighted by Gasteiger charge is -2.15. The molecule has 1 N–H and O–H groups in total. The van der Waals surface area contributed by atoms with E-state index in [0.717, 1.165) is 31.3 Å². The molecule has 27 heavy (non-hydrogen) atoms. The Morgan fingerprint density at radius 3 is 2.30 bits per heavy atom. The molecular weight excluding hydrogens is 355 g/mol. The van der Waals surface area contributed by atoms with Gasteiger partial charge in [-0.25, -0.2) is 4.98 Å². The zero-order valence-corrected chi connectivity index (χ0v) is 15.1. The first kappa shape index (κ1) is 19.4. The van der Waals surface area contributed by atoms with Crippen molar-refractivity contribution < 1.29 is 18.0 Å². The van der Waals surface area contributed by atoms with Crippen molar-refractivity contribution in [3.8, 4) is 0 Å². The van der Waals surface area contributed by atoms with Gasteiger partial charge in [0.1, 0.15) is 5.69 Å². The summed E-state index contributed by atoms with van der Waals surface area (Å²) in [5.74, 6) is -0.435. The van der Waals surface area contributed by atoms with Crippen LogP contribution in [-0.2, 0) is 19.3 Å². The number of hydrogen-bond acceptors (Lipinski definition) is 3. The molecule has 1 amide bonds. The van der Waals surface area contributed by atoms with Gasteiger partial charge < -0.3 is 5.32 Å². The van der Waals surface area contributed by atoms with E-state index in [2.05, 4.69) is 15.2 Å². The van der Waals surface area contributed by atoms with Crippen LogP contribution in [0.15, 0.2) is 36.4 Å². The minimum atomic E-state index is -4.52. The first-order valence-electron chi connectivity index (χ1n) is 8.96. The van der Waals surface area contributed by atoms with Gasteiger partial charge in [-0.1, -0.05) is 24.3 Å². The maximum absolute atomic E-state index is 12.7. The van der Waals surface area contributed by atoms with Crippen molar-refractivity contribution in [1.29, 1.82) is 0 Å². The highest BCUT2D eigenvalue weighted by Crippen LogP contribution is 2.28. The summed E-state index contributed by atoms with van der Waals surface area (Å²) in [6, 6.07) is 10.0. The molecule has 0 radical (unpaired) electrons. The number of alkyl halides is 3. The lowest BCUT2D eigenvalue weighted by Crippen LogP contribution is -2.24. The number of aromatic nitrogens is 1. The number of aryl methyl sites for hydroxylation is 1. The van der Waals surface area contributed by atoms with Crippen LogP contribution in [-0.4, -0.2) is 28.9 Å². The van der Waals surface area contributed by atoms with Gasteiger partial charge in [0.2, 0.25) is 0 Å². The predicted octanol–water partition coefficient (Wildman–Crippen LogP) is 3.93. The molecule has 1 aromatic carbocycles. The molecule has 0 atom stereocenters. The summed E-state index contributed by atoms with van der Waals surface area (Å²) in [4.78, 5) is 18.2. The number of likely N-dealkylation sites (tertiary alicyclic amines) is 1. The average Bonchev–Trinajstić information content (AvgIpc) is 3.13. The minimum Gasteiger partial charge on any atom is -0.348 e. The molecule has 1 aliphatic rings. The number of nitrogens with zero attached hydrogens (tertiary/aromatic N) is 2. The number of carbonyl (C=O) groups is 1. The third kappa shape index (κ3) is 5.07. The predicted molar refractivity (Wildman–Crippen MR) is 96.1 cm³/mol. The first-order valence-corrected chi connectivity index (χ1v) is 8.96. The smallest absolute Gasteiger partial charge is 0.348 e. The van der Waals surface area contributed by atoms with Crippen LogP contribution in [0.3, 0.4) is 0 Å². The summed E-state index contributed by atoms with van der Waals surface area (Å²) in [5, 5.41) is 2.74. The summed E-state index contributed by atoms with van der Waals surface area (Å²) < 4.78 is 38.0. The fraction of sp³-hybridized carbons (Fsp3) is 0.400.